The fraction of sp³-hybridized carbons (Fsp3) is 0.349. The maximum absolute atomic E-state index is 4.74. The predicted molar refractivity (Wildman–Crippen MR) is 188 cm³/mol. The molecule has 3 aliphatic carbocycles. The van der Waals surface area contributed by atoms with E-state index < -0.39 is 0 Å². The van der Waals surface area contributed by atoms with Gasteiger partial charge < -0.3 is 9.97 Å². The van der Waals surface area contributed by atoms with Crippen LogP contribution in [0.2, 0.25) is 0 Å². The van der Waals surface area contributed by atoms with Gasteiger partial charge in [-0.05, 0) is 68.7 Å². The van der Waals surface area contributed by atoms with E-state index in [1.54, 1.807) is 0 Å². The monoisotopic (exact) mass is 779 g/mol. The van der Waals surface area contributed by atoms with Gasteiger partial charge in [-0.1, -0.05) is 113 Å². The van der Waals surface area contributed by atoms with Crippen molar-refractivity contribution < 1.29 is 20.1 Å². The van der Waals surface area contributed by atoms with Crippen LogP contribution in [0, 0.1) is 12.1 Å². The van der Waals surface area contributed by atoms with Crippen LogP contribution in [0.3, 0.4) is 0 Å². The first kappa shape index (κ1) is 31.2. The summed E-state index contributed by atoms with van der Waals surface area (Å²) in [5, 5.41) is 6.44. The molecule has 0 N–H and O–H groups in total. The van der Waals surface area contributed by atoms with Gasteiger partial charge in [0.25, 0.3) is 0 Å². The number of hydrogen-bond acceptors (Lipinski definition) is 2. The third-order valence-electron chi connectivity index (χ3n) is 11.0. The zero-order valence-electron chi connectivity index (χ0n) is 27.0. The molecule has 0 bridgehead atoms. The quantitative estimate of drug-likeness (QED) is 0.132. The van der Waals surface area contributed by atoms with E-state index in [4.69, 9.17) is 4.98 Å². The average molecular weight is 779 g/mol. The number of rotatable bonds is 3. The second kappa shape index (κ2) is 13.0. The first-order valence-electron chi connectivity index (χ1n) is 17.2. The number of fused-ring (bicyclic) bond motifs is 3. The van der Waals surface area contributed by atoms with Crippen LogP contribution in [0.5, 0.6) is 0 Å². The van der Waals surface area contributed by atoms with E-state index in [1.807, 2.05) is 18.3 Å². The van der Waals surface area contributed by atoms with Gasteiger partial charge >= 0.3 is 0 Å². The van der Waals surface area contributed by atoms with Gasteiger partial charge in [0.15, 0.2) is 0 Å². The van der Waals surface area contributed by atoms with E-state index in [9.17, 15) is 0 Å². The van der Waals surface area contributed by atoms with Crippen molar-refractivity contribution in [3.63, 3.8) is 0 Å². The van der Waals surface area contributed by atoms with Crippen LogP contribution < -0.4 is 0 Å². The number of pyridine rings is 2. The Morgan fingerprint density at radius 3 is 2.04 bits per heavy atom. The molecule has 2 nitrogen and oxygen atoms in total. The SMILES string of the molecule is CC1(C)c2cc[c-]c3c4ncccc4c4cccc1c4c23.[Ir].[c-]1cc(C2CCCCC2)ccc1-c1ccc(C2CCCCC2)cn1. The standard InChI is InChI=1S/C23H28N.C20H14N.Ir/c1-3-7-18(8-4-1)20-11-13-21(14-12-20)23-16-15-22(17-24-23)19-9-5-2-6-10-19;1-20(2)15-9-3-6-12-13-8-5-11-21-19(13)14-7-4-10-16(20)18(14)17(12)15;/h11-13,15-19H,1-10H2;3-6,8-11H,1-2H3;/q2*-1;. The maximum atomic E-state index is 4.74. The van der Waals surface area contributed by atoms with Gasteiger partial charge in [0.2, 0.25) is 0 Å². The van der Waals surface area contributed by atoms with Gasteiger partial charge in [0.1, 0.15) is 0 Å². The van der Waals surface area contributed by atoms with Gasteiger partial charge in [-0.3, -0.25) is 0 Å². The Labute approximate surface area is 287 Å². The molecule has 6 aromatic rings. The predicted octanol–water partition coefficient (Wildman–Crippen LogP) is 11.6. The molecule has 2 heterocycles. The Morgan fingerprint density at radius 1 is 0.652 bits per heavy atom. The van der Waals surface area contributed by atoms with Crippen LogP contribution in [-0.4, -0.2) is 9.97 Å². The number of benzene rings is 4. The van der Waals surface area contributed by atoms with Crippen molar-refractivity contribution in [1.29, 1.82) is 0 Å². The minimum absolute atomic E-state index is 0. The van der Waals surface area contributed by atoms with Crippen molar-refractivity contribution in [1.82, 2.24) is 9.97 Å². The molecule has 0 saturated heterocycles. The van der Waals surface area contributed by atoms with Crippen molar-refractivity contribution in [2.75, 3.05) is 0 Å². The Morgan fingerprint density at radius 2 is 1.35 bits per heavy atom. The van der Waals surface area contributed by atoms with Crippen molar-refractivity contribution in [3.05, 3.63) is 120 Å². The Hall–Kier alpha value is -3.39. The van der Waals surface area contributed by atoms with E-state index in [0.29, 0.717) is 0 Å². The van der Waals surface area contributed by atoms with Crippen molar-refractivity contribution >= 4 is 32.4 Å². The van der Waals surface area contributed by atoms with E-state index in [2.05, 4.69) is 97.8 Å². The minimum Gasteiger partial charge on any atom is -0.304 e. The second-order valence-corrected chi connectivity index (χ2v) is 14.1. The Bertz CT molecular complexity index is 1840. The third-order valence-corrected chi connectivity index (χ3v) is 11.0. The molecule has 3 aliphatic rings. The molecule has 0 amide bonds. The summed E-state index contributed by atoms with van der Waals surface area (Å²) in [6.07, 6.45) is 17.7. The summed E-state index contributed by atoms with van der Waals surface area (Å²) < 4.78 is 0. The first-order chi connectivity index (χ1) is 22.1. The van der Waals surface area contributed by atoms with E-state index in [1.165, 1.54) is 108 Å². The van der Waals surface area contributed by atoms with Crippen molar-refractivity contribution in [2.24, 2.45) is 0 Å². The normalized spacial score (nSPS) is 17.6. The fourth-order valence-corrected chi connectivity index (χ4v) is 8.53. The Kier molecular flexibility index (Phi) is 8.83. The van der Waals surface area contributed by atoms with Crippen LogP contribution in [0.25, 0.3) is 43.7 Å². The van der Waals surface area contributed by atoms with Gasteiger partial charge in [-0.25, -0.2) is 0 Å². The molecule has 2 aromatic heterocycles. The smallest absolute Gasteiger partial charge is 0.0195 e. The minimum atomic E-state index is 0. The molecule has 4 aromatic carbocycles. The topological polar surface area (TPSA) is 25.8 Å². The zero-order chi connectivity index (χ0) is 30.4. The van der Waals surface area contributed by atoms with Gasteiger partial charge in [-0.15, -0.1) is 64.5 Å². The number of nitrogens with zero attached hydrogens (tertiary/aromatic N) is 2. The van der Waals surface area contributed by atoms with Gasteiger partial charge in [0.05, 0.1) is 0 Å². The molecule has 0 unspecified atom stereocenters. The third kappa shape index (κ3) is 5.50. The van der Waals surface area contributed by atoms with E-state index >= 15 is 0 Å². The van der Waals surface area contributed by atoms with Crippen LogP contribution in [0.4, 0.5) is 0 Å². The molecular formula is C43H42IrN2-2. The second-order valence-electron chi connectivity index (χ2n) is 14.1. The largest absolute Gasteiger partial charge is 0.304 e. The zero-order valence-corrected chi connectivity index (χ0v) is 29.4. The van der Waals surface area contributed by atoms with Crippen LogP contribution in [0.1, 0.15) is 112 Å². The van der Waals surface area contributed by atoms with Crippen LogP contribution >= 0.6 is 0 Å². The van der Waals surface area contributed by atoms with Crippen molar-refractivity contribution in [3.8, 4) is 11.3 Å². The van der Waals surface area contributed by atoms with Gasteiger partial charge in [0, 0.05) is 32.5 Å². The molecular weight excluding hydrogens is 737 g/mol. The Balaban J connectivity index is 0.000000145. The molecule has 9 rings (SSSR count). The molecule has 0 spiro atoms. The van der Waals surface area contributed by atoms with E-state index in [-0.39, 0.29) is 25.5 Å². The van der Waals surface area contributed by atoms with Gasteiger partial charge in [-0.2, -0.15) is 0 Å². The number of aromatic nitrogens is 2. The maximum Gasteiger partial charge on any atom is 0.0195 e. The van der Waals surface area contributed by atoms with Crippen LogP contribution in [0.15, 0.2) is 85.2 Å². The summed E-state index contributed by atoms with van der Waals surface area (Å²) in [7, 11) is 0. The molecule has 0 aliphatic heterocycles. The number of hydrogen-bond donors (Lipinski definition) is 0. The summed E-state index contributed by atoms with van der Waals surface area (Å²) >= 11 is 0. The molecule has 0 atom stereocenters. The molecule has 235 valence electrons. The average Bonchev–Trinajstić information content (AvgIpc) is 3.36. The van der Waals surface area contributed by atoms with E-state index in [0.717, 1.165) is 34.0 Å². The molecule has 3 heteroatoms. The summed E-state index contributed by atoms with van der Waals surface area (Å²) in [6.45, 7) is 4.63. The summed E-state index contributed by atoms with van der Waals surface area (Å²) in [4.78, 5) is 9.38. The summed E-state index contributed by atoms with van der Waals surface area (Å²) in [5.74, 6) is 1.49. The summed E-state index contributed by atoms with van der Waals surface area (Å²) in [6, 6.07) is 33.3. The van der Waals surface area contributed by atoms with Crippen LogP contribution in [-0.2, 0) is 25.5 Å². The fourth-order valence-electron chi connectivity index (χ4n) is 8.53. The molecule has 1 radical (unpaired) electrons. The van der Waals surface area contributed by atoms with Crippen molar-refractivity contribution in [2.45, 2.75) is 95.3 Å². The summed E-state index contributed by atoms with van der Waals surface area (Å²) in [5.41, 5.74) is 9.02. The molecule has 46 heavy (non-hydrogen) atoms. The molecule has 2 saturated carbocycles. The first-order valence-corrected chi connectivity index (χ1v) is 17.2. The molecule has 2 fully saturated rings.